The monoisotopic (exact) mass is 373 g/mol. The van der Waals surface area contributed by atoms with Gasteiger partial charge in [-0.2, -0.15) is 9.78 Å². The molecule has 0 atom stereocenters. The van der Waals surface area contributed by atoms with E-state index in [4.69, 9.17) is 9.47 Å². The number of hydrogen-bond donors (Lipinski definition) is 1. The van der Waals surface area contributed by atoms with Gasteiger partial charge in [-0.15, -0.1) is 0 Å². The summed E-state index contributed by atoms with van der Waals surface area (Å²) >= 11 is 0. The number of carbonyl (C=O) groups is 1. The van der Waals surface area contributed by atoms with Gasteiger partial charge < -0.3 is 14.8 Å². The highest BCUT2D eigenvalue weighted by Crippen LogP contribution is 2.14. The summed E-state index contributed by atoms with van der Waals surface area (Å²) in [5.41, 5.74) is 1.79. The van der Waals surface area contributed by atoms with Gasteiger partial charge in [-0.1, -0.05) is 17.7 Å². The molecule has 0 radical (unpaired) electrons. The number of nitrogens with zero attached hydrogens (tertiary/aromatic N) is 2. The van der Waals surface area contributed by atoms with Gasteiger partial charge in [0.05, 0.1) is 24.1 Å². The van der Waals surface area contributed by atoms with Crippen molar-refractivity contribution in [3.63, 3.8) is 0 Å². The fourth-order valence-electron chi connectivity index (χ4n) is 2.43. The number of carbonyl (C=O) groups excluding carboxylic acids is 1. The quantitative estimate of drug-likeness (QED) is 0.538. The van der Waals surface area contributed by atoms with Crippen LogP contribution in [0.1, 0.15) is 43.2 Å². The number of aromatic nitrogens is 2. The molecule has 0 unspecified atom stereocenters. The van der Waals surface area contributed by atoms with Crippen LogP contribution < -0.4 is 10.9 Å². The highest BCUT2D eigenvalue weighted by Gasteiger charge is 2.18. The number of ether oxygens (including phenoxy) is 2. The molecule has 0 saturated heterocycles. The van der Waals surface area contributed by atoms with Crippen molar-refractivity contribution in [3.8, 4) is 5.69 Å². The smallest absolute Gasteiger partial charge is 0.360 e. The SMILES string of the molecule is CCOC(=O)c1nn(-c2ccc(C)cc2)c(=O)cc1NCCCOC(C)C. The molecule has 0 aliphatic heterocycles. The van der Waals surface area contributed by atoms with Crippen LogP contribution in [0.15, 0.2) is 35.1 Å². The normalized spacial score (nSPS) is 10.9. The topological polar surface area (TPSA) is 82.5 Å². The van der Waals surface area contributed by atoms with Gasteiger partial charge in [-0.05, 0) is 46.2 Å². The lowest BCUT2D eigenvalue weighted by molar-refractivity contribution is 0.0518. The van der Waals surface area contributed by atoms with E-state index >= 15 is 0 Å². The van der Waals surface area contributed by atoms with Gasteiger partial charge in [0.25, 0.3) is 5.56 Å². The van der Waals surface area contributed by atoms with Crippen molar-refractivity contribution in [3.05, 3.63) is 51.9 Å². The number of hydrogen-bond acceptors (Lipinski definition) is 6. The summed E-state index contributed by atoms with van der Waals surface area (Å²) in [4.78, 5) is 24.8. The van der Waals surface area contributed by atoms with Crippen LogP contribution in [0.5, 0.6) is 0 Å². The second-order valence-electron chi connectivity index (χ2n) is 6.41. The average molecular weight is 373 g/mol. The van der Waals surface area contributed by atoms with Crippen molar-refractivity contribution in [1.82, 2.24) is 9.78 Å². The van der Waals surface area contributed by atoms with E-state index < -0.39 is 5.97 Å². The Kier molecular flexibility index (Phi) is 7.55. The number of anilines is 1. The van der Waals surface area contributed by atoms with E-state index in [2.05, 4.69) is 10.4 Å². The third-order valence-electron chi connectivity index (χ3n) is 3.77. The molecule has 2 rings (SSSR count). The molecule has 0 amide bonds. The Bertz CT molecular complexity index is 813. The molecule has 146 valence electrons. The van der Waals surface area contributed by atoms with Gasteiger partial charge in [-0.25, -0.2) is 4.79 Å². The number of benzene rings is 1. The average Bonchev–Trinajstić information content (AvgIpc) is 2.62. The maximum absolute atomic E-state index is 12.5. The Morgan fingerprint density at radius 3 is 2.59 bits per heavy atom. The Morgan fingerprint density at radius 1 is 1.26 bits per heavy atom. The lowest BCUT2D eigenvalue weighted by Gasteiger charge is -2.13. The van der Waals surface area contributed by atoms with Crippen molar-refractivity contribution in [1.29, 1.82) is 0 Å². The molecule has 0 bridgehead atoms. The van der Waals surface area contributed by atoms with Crippen LogP contribution in [0, 0.1) is 6.92 Å². The Hall–Kier alpha value is -2.67. The van der Waals surface area contributed by atoms with Crippen LogP contribution in [0.25, 0.3) is 5.69 Å². The molecule has 0 fully saturated rings. The molecule has 0 aliphatic rings. The van der Waals surface area contributed by atoms with E-state index in [1.54, 1.807) is 19.1 Å². The molecule has 27 heavy (non-hydrogen) atoms. The Balaban J connectivity index is 2.27. The molecule has 0 aliphatic carbocycles. The molecule has 0 spiro atoms. The molecule has 7 nitrogen and oxygen atoms in total. The van der Waals surface area contributed by atoms with Crippen molar-refractivity contribution in [2.75, 3.05) is 25.1 Å². The third kappa shape index (κ3) is 5.92. The Morgan fingerprint density at radius 2 is 1.96 bits per heavy atom. The predicted octanol–water partition coefficient (Wildman–Crippen LogP) is 2.94. The van der Waals surface area contributed by atoms with Gasteiger partial charge in [0.15, 0.2) is 5.69 Å². The van der Waals surface area contributed by atoms with E-state index in [0.29, 0.717) is 24.5 Å². The van der Waals surface area contributed by atoms with Gasteiger partial charge in [0, 0.05) is 19.2 Å². The molecule has 1 aromatic carbocycles. The molecule has 1 N–H and O–H groups in total. The number of esters is 1. The summed E-state index contributed by atoms with van der Waals surface area (Å²) in [6.45, 7) is 9.00. The van der Waals surface area contributed by atoms with E-state index in [1.165, 1.54) is 10.7 Å². The highest BCUT2D eigenvalue weighted by atomic mass is 16.5. The van der Waals surface area contributed by atoms with Gasteiger partial charge in [0.1, 0.15) is 0 Å². The summed E-state index contributed by atoms with van der Waals surface area (Å²) in [6, 6.07) is 8.72. The summed E-state index contributed by atoms with van der Waals surface area (Å²) in [5.74, 6) is -0.570. The summed E-state index contributed by atoms with van der Waals surface area (Å²) in [7, 11) is 0. The molecule has 2 aromatic rings. The predicted molar refractivity (Wildman–Crippen MR) is 105 cm³/mol. The first-order valence-corrected chi connectivity index (χ1v) is 9.16. The molecule has 1 aromatic heterocycles. The molecule has 7 heteroatoms. The maximum atomic E-state index is 12.5. The Labute approximate surface area is 159 Å². The first-order valence-electron chi connectivity index (χ1n) is 9.16. The van der Waals surface area contributed by atoms with Crippen LogP contribution in [-0.2, 0) is 9.47 Å². The number of rotatable bonds is 9. The lowest BCUT2D eigenvalue weighted by atomic mass is 10.2. The van der Waals surface area contributed by atoms with E-state index in [-0.39, 0.29) is 24.0 Å². The van der Waals surface area contributed by atoms with Crippen molar-refractivity contribution in [2.24, 2.45) is 0 Å². The van der Waals surface area contributed by atoms with Gasteiger partial charge in [-0.3, -0.25) is 4.79 Å². The molecular formula is C20H27N3O4. The van der Waals surface area contributed by atoms with E-state index in [9.17, 15) is 9.59 Å². The van der Waals surface area contributed by atoms with Crippen LogP contribution in [0.3, 0.4) is 0 Å². The van der Waals surface area contributed by atoms with Crippen molar-refractivity contribution in [2.45, 2.75) is 40.2 Å². The fraction of sp³-hybridized carbons (Fsp3) is 0.450. The molecule has 0 saturated carbocycles. The molecule has 1 heterocycles. The van der Waals surface area contributed by atoms with E-state index in [0.717, 1.165) is 12.0 Å². The standard InChI is InChI=1S/C20H27N3O4/c1-5-26-20(25)19-17(21-11-6-12-27-14(2)3)13-18(24)23(22-19)16-9-7-15(4)8-10-16/h7-10,13-14,21H,5-6,11-12H2,1-4H3. The zero-order valence-corrected chi connectivity index (χ0v) is 16.3. The zero-order valence-electron chi connectivity index (χ0n) is 16.3. The maximum Gasteiger partial charge on any atom is 0.360 e. The van der Waals surface area contributed by atoms with Gasteiger partial charge >= 0.3 is 5.97 Å². The van der Waals surface area contributed by atoms with Crippen LogP contribution in [0.4, 0.5) is 5.69 Å². The molecular weight excluding hydrogens is 346 g/mol. The summed E-state index contributed by atoms with van der Waals surface area (Å²) in [6.07, 6.45) is 0.904. The van der Waals surface area contributed by atoms with Crippen LogP contribution in [-0.4, -0.2) is 41.6 Å². The minimum atomic E-state index is -0.570. The van der Waals surface area contributed by atoms with E-state index in [1.807, 2.05) is 32.9 Å². The second kappa shape index (κ2) is 9.87. The minimum Gasteiger partial charge on any atom is -0.461 e. The highest BCUT2D eigenvalue weighted by molar-refractivity contribution is 5.93. The largest absolute Gasteiger partial charge is 0.461 e. The summed E-state index contributed by atoms with van der Waals surface area (Å²) < 4.78 is 11.8. The second-order valence-corrected chi connectivity index (χ2v) is 6.41. The number of nitrogens with one attached hydrogen (secondary N) is 1. The number of aryl methyl sites for hydroxylation is 1. The van der Waals surface area contributed by atoms with Crippen molar-refractivity contribution < 1.29 is 14.3 Å². The first-order chi connectivity index (χ1) is 12.9. The third-order valence-corrected chi connectivity index (χ3v) is 3.77. The van der Waals surface area contributed by atoms with Crippen molar-refractivity contribution >= 4 is 11.7 Å². The minimum absolute atomic E-state index is 0.0850. The first kappa shape index (κ1) is 20.6. The zero-order chi connectivity index (χ0) is 19.8. The summed E-state index contributed by atoms with van der Waals surface area (Å²) in [5, 5.41) is 7.35. The van der Waals surface area contributed by atoms with Crippen LogP contribution >= 0.6 is 0 Å². The van der Waals surface area contributed by atoms with Crippen LogP contribution in [0.2, 0.25) is 0 Å². The van der Waals surface area contributed by atoms with Gasteiger partial charge in [0.2, 0.25) is 0 Å². The lowest BCUT2D eigenvalue weighted by Crippen LogP contribution is -2.26. The fourth-order valence-corrected chi connectivity index (χ4v) is 2.43.